The normalized spacial score (nSPS) is 14.3. The number of nitrogens with one attached hydrogen (secondary N) is 2. The lowest BCUT2D eigenvalue weighted by molar-refractivity contribution is 0.0939. The minimum atomic E-state index is -3.86. The Morgan fingerprint density at radius 1 is 1.11 bits per heavy atom. The van der Waals surface area contributed by atoms with Crippen LogP contribution >= 0.6 is 0 Å². The summed E-state index contributed by atoms with van der Waals surface area (Å²) in [5.74, 6) is 0.761. The van der Waals surface area contributed by atoms with Crippen LogP contribution in [0.1, 0.15) is 30.6 Å². The fraction of sp³-hybridized carbons (Fsp3) is 0.316. The van der Waals surface area contributed by atoms with E-state index in [1.165, 1.54) is 12.1 Å². The van der Waals surface area contributed by atoms with E-state index in [-0.39, 0.29) is 16.8 Å². The topological polar surface area (TPSA) is 93.7 Å². The molecule has 0 fully saturated rings. The van der Waals surface area contributed by atoms with Crippen molar-refractivity contribution >= 4 is 21.6 Å². The quantitative estimate of drug-likeness (QED) is 0.791. The summed E-state index contributed by atoms with van der Waals surface area (Å²) in [6.45, 7) is 4.73. The molecule has 27 heavy (non-hydrogen) atoms. The maximum absolute atomic E-state index is 12.7. The molecule has 0 bridgehead atoms. The van der Waals surface area contributed by atoms with E-state index in [2.05, 4.69) is 10.0 Å². The highest BCUT2D eigenvalue weighted by Crippen LogP contribution is 2.33. The molecule has 1 unspecified atom stereocenters. The van der Waals surface area contributed by atoms with Gasteiger partial charge in [0.25, 0.3) is 15.9 Å². The van der Waals surface area contributed by atoms with Gasteiger partial charge >= 0.3 is 0 Å². The van der Waals surface area contributed by atoms with Crippen molar-refractivity contribution in [3.8, 4) is 11.5 Å². The number of anilines is 1. The van der Waals surface area contributed by atoms with Crippen LogP contribution in [0.3, 0.4) is 0 Å². The Bertz CT molecular complexity index is 943. The minimum absolute atomic E-state index is 0.00797. The maximum atomic E-state index is 12.7. The number of carbonyl (C=O) groups excluding carboxylic acids is 1. The first kappa shape index (κ1) is 19.0. The molecule has 1 aliphatic rings. The van der Waals surface area contributed by atoms with Crippen LogP contribution in [0.5, 0.6) is 11.5 Å². The van der Waals surface area contributed by atoms with Gasteiger partial charge in [-0.1, -0.05) is 13.0 Å². The first-order chi connectivity index (χ1) is 12.9. The second kappa shape index (κ2) is 7.87. The van der Waals surface area contributed by atoms with Crippen LogP contribution < -0.4 is 19.5 Å². The Balaban J connectivity index is 1.81. The molecule has 1 amide bonds. The monoisotopic (exact) mass is 390 g/mol. The van der Waals surface area contributed by atoms with E-state index in [4.69, 9.17) is 9.47 Å². The second-order valence-electron chi connectivity index (χ2n) is 6.27. The molecule has 2 aromatic carbocycles. The summed E-state index contributed by atoms with van der Waals surface area (Å²) in [5, 5.41) is 2.82. The molecule has 1 atom stereocenters. The SMILES string of the molecule is CCC(C)NC(=O)c1cccc(S(=O)(=O)Nc2ccc3c(c2)OCCO3)c1. The van der Waals surface area contributed by atoms with Gasteiger partial charge in [-0.2, -0.15) is 0 Å². The van der Waals surface area contributed by atoms with Crippen LogP contribution in [0.4, 0.5) is 5.69 Å². The predicted octanol–water partition coefficient (Wildman–Crippen LogP) is 2.79. The molecule has 1 aliphatic heterocycles. The lowest BCUT2D eigenvalue weighted by atomic mass is 10.2. The highest BCUT2D eigenvalue weighted by Gasteiger charge is 2.19. The van der Waals surface area contributed by atoms with Crippen LogP contribution in [0, 0.1) is 0 Å². The first-order valence-electron chi connectivity index (χ1n) is 8.72. The molecule has 7 nitrogen and oxygen atoms in total. The van der Waals surface area contributed by atoms with Crippen molar-refractivity contribution in [3.05, 3.63) is 48.0 Å². The van der Waals surface area contributed by atoms with Crippen molar-refractivity contribution < 1.29 is 22.7 Å². The van der Waals surface area contributed by atoms with E-state index >= 15 is 0 Å². The number of hydrogen-bond donors (Lipinski definition) is 2. The number of fused-ring (bicyclic) bond motifs is 1. The van der Waals surface area contributed by atoms with E-state index in [1.54, 1.807) is 30.3 Å². The van der Waals surface area contributed by atoms with Gasteiger partial charge in [-0.3, -0.25) is 9.52 Å². The third-order valence-electron chi connectivity index (χ3n) is 4.19. The maximum Gasteiger partial charge on any atom is 0.261 e. The molecule has 0 aliphatic carbocycles. The first-order valence-corrected chi connectivity index (χ1v) is 10.2. The Morgan fingerprint density at radius 3 is 2.59 bits per heavy atom. The smallest absolute Gasteiger partial charge is 0.261 e. The van der Waals surface area contributed by atoms with Gasteiger partial charge < -0.3 is 14.8 Å². The third kappa shape index (κ3) is 4.51. The summed E-state index contributed by atoms with van der Waals surface area (Å²) in [5.41, 5.74) is 0.647. The van der Waals surface area contributed by atoms with Crippen LogP contribution in [0.2, 0.25) is 0 Å². The number of rotatable bonds is 6. The zero-order valence-electron chi connectivity index (χ0n) is 15.2. The van der Waals surface area contributed by atoms with Crippen molar-refractivity contribution in [2.24, 2.45) is 0 Å². The fourth-order valence-electron chi connectivity index (χ4n) is 2.53. The number of ether oxygens (including phenoxy) is 2. The molecule has 0 aromatic heterocycles. The molecular formula is C19H22N2O5S. The van der Waals surface area contributed by atoms with E-state index in [9.17, 15) is 13.2 Å². The van der Waals surface area contributed by atoms with E-state index in [1.807, 2.05) is 13.8 Å². The van der Waals surface area contributed by atoms with Crippen molar-refractivity contribution in [1.82, 2.24) is 5.32 Å². The van der Waals surface area contributed by atoms with E-state index in [0.29, 0.717) is 36.0 Å². The average Bonchev–Trinajstić information content (AvgIpc) is 2.67. The number of sulfonamides is 1. The van der Waals surface area contributed by atoms with Crippen molar-refractivity contribution in [2.75, 3.05) is 17.9 Å². The summed E-state index contributed by atoms with van der Waals surface area (Å²) in [4.78, 5) is 12.3. The summed E-state index contributed by atoms with van der Waals surface area (Å²) < 4.78 is 38.8. The van der Waals surface area contributed by atoms with Crippen molar-refractivity contribution in [3.63, 3.8) is 0 Å². The van der Waals surface area contributed by atoms with Crippen molar-refractivity contribution in [1.29, 1.82) is 0 Å². The molecule has 1 heterocycles. The summed E-state index contributed by atoms with van der Waals surface area (Å²) in [6.07, 6.45) is 0.787. The molecule has 2 N–H and O–H groups in total. The minimum Gasteiger partial charge on any atom is -0.486 e. The molecule has 144 valence electrons. The van der Waals surface area contributed by atoms with Gasteiger partial charge in [-0.05, 0) is 43.7 Å². The van der Waals surface area contributed by atoms with Crippen molar-refractivity contribution in [2.45, 2.75) is 31.2 Å². The van der Waals surface area contributed by atoms with E-state index in [0.717, 1.165) is 6.42 Å². The number of hydrogen-bond acceptors (Lipinski definition) is 5. The summed E-state index contributed by atoms with van der Waals surface area (Å²) >= 11 is 0. The van der Waals surface area contributed by atoms with Gasteiger partial charge in [0.05, 0.1) is 10.6 Å². The van der Waals surface area contributed by atoms with Gasteiger partial charge in [0.2, 0.25) is 0 Å². The highest BCUT2D eigenvalue weighted by molar-refractivity contribution is 7.92. The lowest BCUT2D eigenvalue weighted by Gasteiger charge is -2.19. The van der Waals surface area contributed by atoms with Gasteiger partial charge in [0.1, 0.15) is 13.2 Å². The predicted molar refractivity (Wildman–Crippen MR) is 102 cm³/mol. The Kier molecular flexibility index (Phi) is 5.55. The number of carbonyl (C=O) groups is 1. The Hall–Kier alpha value is -2.74. The molecule has 3 rings (SSSR count). The van der Waals surface area contributed by atoms with Crippen LogP contribution in [0.25, 0.3) is 0 Å². The summed E-state index contributed by atoms with van der Waals surface area (Å²) in [6, 6.07) is 10.8. The molecule has 0 spiro atoms. The zero-order chi connectivity index (χ0) is 19.4. The van der Waals surface area contributed by atoms with E-state index < -0.39 is 10.0 Å². The third-order valence-corrected chi connectivity index (χ3v) is 5.57. The zero-order valence-corrected chi connectivity index (χ0v) is 16.0. The molecular weight excluding hydrogens is 368 g/mol. The Labute approximate surface area is 158 Å². The molecule has 2 aromatic rings. The number of amides is 1. The van der Waals surface area contributed by atoms with Crippen LogP contribution in [-0.2, 0) is 10.0 Å². The highest BCUT2D eigenvalue weighted by atomic mass is 32.2. The molecule has 8 heteroatoms. The largest absolute Gasteiger partial charge is 0.486 e. The summed E-state index contributed by atoms with van der Waals surface area (Å²) in [7, 11) is -3.86. The van der Waals surface area contributed by atoms with Crippen LogP contribution in [0.15, 0.2) is 47.4 Å². The van der Waals surface area contributed by atoms with Gasteiger partial charge in [-0.25, -0.2) is 8.42 Å². The lowest BCUT2D eigenvalue weighted by Crippen LogP contribution is -2.32. The van der Waals surface area contributed by atoms with Gasteiger partial charge in [-0.15, -0.1) is 0 Å². The number of benzene rings is 2. The standard InChI is InChI=1S/C19H22N2O5S/c1-3-13(2)20-19(22)14-5-4-6-16(11-14)27(23,24)21-15-7-8-17-18(12-15)26-10-9-25-17/h4-8,11-13,21H,3,9-10H2,1-2H3,(H,20,22). The van der Waals surface area contributed by atoms with Crippen LogP contribution in [-0.4, -0.2) is 33.6 Å². The fourth-order valence-corrected chi connectivity index (χ4v) is 3.63. The Morgan fingerprint density at radius 2 is 1.85 bits per heavy atom. The van der Waals surface area contributed by atoms with Gasteiger partial charge in [0, 0.05) is 17.7 Å². The molecule has 0 saturated carbocycles. The molecule has 0 saturated heterocycles. The van der Waals surface area contributed by atoms with Gasteiger partial charge in [0.15, 0.2) is 11.5 Å². The molecule has 0 radical (unpaired) electrons. The average molecular weight is 390 g/mol. The second-order valence-corrected chi connectivity index (χ2v) is 7.96.